The molecule has 0 saturated carbocycles. The second kappa shape index (κ2) is 9.84. The minimum absolute atomic E-state index is 0.0552. The van der Waals surface area contributed by atoms with Crippen LogP contribution in [0.15, 0.2) is 48.5 Å². The lowest BCUT2D eigenvalue weighted by Crippen LogP contribution is -2.23. The third-order valence-corrected chi connectivity index (χ3v) is 3.86. The molecule has 25 heavy (non-hydrogen) atoms. The van der Waals surface area contributed by atoms with Crippen LogP contribution in [-0.2, 0) is 29.1 Å². The summed E-state index contributed by atoms with van der Waals surface area (Å²) in [4.78, 5) is 12.1. The molecule has 0 bridgehead atoms. The molecule has 0 heterocycles. The van der Waals surface area contributed by atoms with Crippen molar-refractivity contribution >= 4 is 5.91 Å². The van der Waals surface area contributed by atoms with Crippen molar-refractivity contribution in [2.24, 2.45) is 0 Å². The Morgan fingerprint density at radius 3 is 2.44 bits per heavy atom. The van der Waals surface area contributed by atoms with Gasteiger partial charge in [-0.05, 0) is 49.1 Å². The van der Waals surface area contributed by atoms with E-state index in [4.69, 9.17) is 9.47 Å². The number of carbonyl (C=O) groups excluding carboxylic acids is 1. The van der Waals surface area contributed by atoms with Crippen LogP contribution in [0.25, 0.3) is 0 Å². The van der Waals surface area contributed by atoms with Gasteiger partial charge in [0.25, 0.3) is 0 Å². The summed E-state index contributed by atoms with van der Waals surface area (Å²) < 4.78 is 10.8. The van der Waals surface area contributed by atoms with Gasteiger partial charge in [0.1, 0.15) is 5.75 Å². The van der Waals surface area contributed by atoms with Crippen LogP contribution in [0.3, 0.4) is 0 Å². The van der Waals surface area contributed by atoms with Crippen molar-refractivity contribution in [1.82, 2.24) is 5.32 Å². The number of carbonyl (C=O) groups is 1. The summed E-state index contributed by atoms with van der Waals surface area (Å²) in [7, 11) is 1.65. The quantitative estimate of drug-likeness (QED) is 0.753. The van der Waals surface area contributed by atoms with Gasteiger partial charge >= 0.3 is 0 Å². The zero-order chi connectivity index (χ0) is 18.1. The first-order chi connectivity index (χ1) is 12.1. The molecule has 0 atom stereocenters. The molecule has 0 unspecified atom stereocenters. The Kier molecular flexibility index (Phi) is 7.48. The highest BCUT2D eigenvalue weighted by molar-refractivity contribution is 5.76. The summed E-state index contributed by atoms with van der Waals surface area (Å²) in [6.45, 7) is 5.17. The number of amides is 1. The Morgan fingerprint density at radius 1 is 1.04 bits per heavy atom. The van der Waals surface area contributed by atoms with Crippen molar-refractivity contribution < 1.29 is 14.3 Å². The number of rotatable bonds is 9. The van der Waals surface area contributed by atoms with Crippen molar-refractivity contribution in [2.75, 3.05) is 7.11 Å². The molecule has 4 heteroatoms. The van der Waals surface area contributed by atoms with Gasteiger partial charge in [-0.3, -0.25) is 4.79 Å². The maximum atomic E-state index is 12.1. The molecule has 0 aliphatic heterocycles. The van der Waals surface area contributed by atoms with Crippen LogP contribution < -0.4 is 10.1 Å². The minimum atomic E-state index is 0.0552. The van der Waals surface area contributed by atoms with Crippen LogP contribution in [0.4, 0.5) is 0 Å². The van der Waals surface area contributed by atoms with E-state index >= 15 is 0 Å². The van der Waals surface area contributed by atoms with Crippen LogP contribution in [0.5, 0.6) is 5.75 Å². The van der Waals surface area contributed by atoms with E-state index in [0.29, 0.717) is 19.6 Å². The van der Waals surface area contributed by atoms with E-state index in [1.54, 1.807) is 7.11 Å². The summed E-state index contributed by atoms with van der Waals surface area (Å²) in [5.41, 5.74) is 3.34. The van der Waals surface area contributed by atoms with Gasteiger partial charge in [0.05, 0.1) is 19.8 Å². The van der Waals surface area contributed by atoms with E-state index in [2.05, 4.69) is 11.4 Å². The molecular weight excluding hydrogens is 314 g/mol. The molecule has 2 aromatic rings. The van der Waals surface area contributed by atoms with E-state index in [1.807, 2.05) is 56.3 Å². The highest BCUT2D eigenvalue weighted by atomic mass is 16.5. The second-order valence-corrected chi connectivity index (χ2v) is 6.30. The number of hydrogen-bond acceptors (Lipinski definition) is 3. The Bertz CT molecular complexity index is 665. The molecule has 1 amide bonds. The largest absolute Gasteiger partial charge is 0.497 e. The molecule has 2 rings (SSSR count). The highest BCUT2D eigenvalue weighted by Gasteiger charge is 2.04. The first-order valence-electron chi connectivity index (χ1n) is 8.66. The summed E-state index contributed by atoms with van der Waals surface area (Å²) in [6, 6.07) is 15.9. The van der Waals surface area contributed by atoms with Crippen LogP contribution in [0, 0.1) is 0 Å². The lowest BCUT2D eigenvalue weighted by atomic mass is 10.1. The average molecular weight is 341 g/mol. The molecule has 0 fully saturated rings. The van der Waals surface area contributed by atoms with Gasteiger partial charge in [-0.2, -0.15) is 0 Å². The average Bonchev–Trinajstić information content (AvgIpc) is 2.63. The number of aryl methyl sites for hydroxylation is 1. The van der Waals surface area contributed by atoms with Gasteiger partial charge < -0.3 is 14.8 Å². The normalized spacial score (nSPS) is 10.7. The summed E-state index contributed by atoms with van der Waals surface area (Å²) in [6.07, 6.45) is 1.40. The highest BCUT2D eigenvalue weighted by Crippen LogP contribution is 2.13. The molecule has 0 spiro atoms. The van der Waals surface area contributed by atoms with Crippen molar-refractivity contribution in [2.45, 2.75) is 45.9 Å². The first kappa shape index (κ1) is 19.0. The van der Waals surface area contributed by atoms with Gasteiger partial charge in [0.2, 0.25) is 5.91 Å². The van der Waals surface area contributed by atoms with Gasteiger partial charge in [0.15, 0.2) is 0 Å². The van der Waals surface area contributed by atoms with Crippen molar-refractivity contribution in [3.8, 4) is 5.75 Å². The van der Waals surface area contributed by atoms with E-state index in [0.717, 1.165) is 28.9 Å². The van der Waals surface area contributed by atoms with E-state index in [1.165, 1.54) is 0 Å². The molecule has 2 aromatic carbocycles. The van der Waals surface area contributed by atoms with Gasteiger partial charge in [-0.1, -0.05) is 36.4 Å². The molecular formula is C21H27NO3. The third-order valence-electron chi connectivity index (χ3n) is 3.86. The predicted octanol–water partition coefficient (Wildman–Crippen LogP) is 3.87. The molecule has 0 aliphatic carbocycles. The van der Waals surface area contributed by atoms with Crippen molar-refractivity contribution in [3.05, 3.63) is 65.2 Å². The Balaban J connectivity index is 1.76. The monoisotopic (exact) mass is 341 g/mol. The standard InChI is InChI=1S/C21H27NO3/c1-16(2)25-15-19-6-4-5-18(13-19)14-22-21(23)12-9-17-7-10-20(24-3)11-8-17/h4-8,10-11,13,16H,9,12,14-15H2,1-3H3,(H,22,23). The molecule has 0 aromatic heterocycles. The van der Waals surface area contributed by atoms with Crippen molar-refractivity contribution in [1.29, 1.82) is 0 Å². The Morgan fingerprint density at radius 2 is 1.76 bits per heavy atom. The van der Waals surface area contributed by atoms with Crippen LogP contribution in [0.1, 0.15) is 37.0 Å². The van der Waals surface area contributed by atoms with Gasteiger partial charge in [-0.25, -0.2) is 0 Å². The van der Waals surface area contributed by atoms with Crippen LogP contribution in [-0.4, -0.2) is 19.1 Å². The van der Waals surface area contributed by atoms with Crippen LogP contribution in [0.2, 0.25) is 0 Å². The third kappa shape index (κ3) is 6.98. The summed E-state index contributed by atoms with van der Waals surface area (Å²) >= 11 is 0. The fourth-order valence-corrected chi connectivity index (χ4v) is 2.43. The smallest absolute Gasteiger partial charge is 0.220 e. The number of nitrogens with one attached hydrogen (secondary N) is 1. The SMILES string of the molecule is COc1ccc(CCC(=O)NCc2cccc(COC(C)C)c2)cc1. The fraction of sp³-hybridized carbons (Fsp3) is 0.381. The molecule has 0 saturated heterocycles. The molecule has 4 nitrogen and oxygen atoms in total. The van der Waals surface area contributed by atoms with Gasteiger partial charge in [-0.15, -0.1) is 0 Å². The molecule has 0 radical (unpaired) electrons. The zero-order valence-electron chi connectivity index (χ0n) is 15.2. The fourth-order valence-electron chi connectivity index (χ4n) is 2.43. The van der Waals surface area contributed by atoms with E-state index in [-0.39, 0.29) is 12.0 Å². The lowest BCUT2D eigenvalue weighted by Gasteiger charge is -2.10. The Hall–Kier alpha value is -2.33. The zero-order valence-corrected chi connectivity index (χ0v) is 15.2. The topological polar surface area (TPSA) is 47.6 Å². The predicted molar refractivity (Wildman–Crippen MR) is 99.5 cm³/mol. The second-order valence-electron chi connectivity index (χ2n) is 6.30. The Labute approximate surface area is 150 Å². The molecule has 134 valence electrons. The van der Waals surface area contributed by atoms with Crippen molar-refractivity contribution in [3.63, 3.8) is 0 Å². The van der Waals surface area contributed by atoms with Crippen LogP contribution >= 0.6 is 0 Å². The van der Waals surface area contributed by atoms with E-state index < -0.39 is 0 Å². The number of hydrogen-bond donors (Lipinski definition) is 1. The number of methoxy groups -OCH3 is 1. The molecule has 1 N–H and O–H groups in total. The van der Waals surface area contributed by atoms with E-state index in [9.17, 15) is 4.79 Å². The minimum Gasteiger partial charge on any atom is -0.497 e. The van der Waals surface area contributed by atoms with Gasteiger partial charge in [0, 0.05) is 13.0 Å². The lowest BCUT2D eigenvalue weighted by molar-refractivity contribution is -0.121. The number of benzene rings is 2. The summed E-state index contributed by atoms with van der Waals surface area (Å²) in [5, 5.41) is 2.98. The maximum absolute atomic E-state index is 12.1. The first-order valence-corrected chi connectivity index (χ1v) is 8.66. The summed E-state index contributed by atoms with van der Waals surface area (Å²) in [5.74, 6) is 0.884. The number of ether oxygens (including phenoxy) is 2. The molecule has 0 aliphatic rings. The maximum Gasteiger partial charge on any atom is 0.220 e.